The van der Waals surface area contributed by atoms with Crippen LogP contribution in [0.15, 0.2) is 48.7 Å². The Labute approximate surface area is 337 Å². The summed E-state index contributed by atoms with van der Waals surface area (Å²) in [5, 5.41) is 23.6. The molecule has 300 valence electrons. The first-order valence-electron chi connectivity index (χ1n) is 19.9. The van der Waals surface area contributed by atoms with Crippen LogP contribution in [-0.2, 0) is 20.8 Å². The van der Waals surface area contributed by atoms with E-state index in [9.17, 15) is 19.2 Å². The number of nitrogens with zero attached hydrogens (tertiary/aromatic N) is 8. The molecule has 1 unspecified atom stereocenters. The number of nitriles is 1. The molecule has 0 spiro atoms. The molecule has 15 nitrogen and oxygen atoms in total. The number of pyridine rings is 1. The second kappa shape index (κ2) is 18.3. The van der Waals surface area contributed by atoms with E-state index in [0.29, 0.717) is 40.1 Å². The van der Waals surface area contributed by atoms with Gasteiger partial charge in [-0.05, 0) is 87.3 Å². The van der Waals surface area contributed by atoms with E-state index in [2.05, 4.69) is 46.6 Å². The van der Waals surface area contributed by atoms with Gasteiger partial charge in [-0.1, -0.05) is 11.6 Å². The molecule has 0 bridgehead atoms. The van der Waals surface area contributed by atoms with Crippen molar-refractivity contribution < 1.29 is 23.9 Å². The Morgan fingerprint density at radius 3 is 2.37 bits per heavy atom. The lowest BCUT2D eigenvalue weighted by Crippen LogP contribution is -2.53. The molecule has 16 heteroatoms. The van der Waals surface area contributed by atoms with Crippen molar-refractivity contribution in [2.45, 2.75) is 76.0 Å². The second-order valence-electron chi connectivity index (χ2n) is 15.5. The minimum Gasteiger partial charge on any atom is -0.490 e. The maximum atomic E-state index is 13.0. The number of aromatic nitrogens is 3. The van der Waals surface area contributed by atoms with Gasteiger partial charge in [-0.25, -0.2) is 0 Å². The summed E-state index contributed by atoms with van der Waals surface area (Å²) in [5.41, 5.74) is 2.41. The summed E-state index contributed by atoms with van der Waals surface area (Å²) in [4.78, 5) is 62.5. The molecule has 1 saturated carbocycles. The smallest absolute Gasteiger partial charge is 0.272 e. The van der Waals surface area contributed by atoms with Gasteiger partial charge >= 0.3 is 0 Å². The van der Waals surface area contributed by atoms with Crippen LogP contribution in [0, 0.1) is 17.2 Å². The molecule has 3 aliphatic heterocycles. The standard InChI is InChI=1S/C41H49ClN10O5/c1-49(36-11-13-38(53)46-41(36)56)39(54)22-30-3-6-31(25-44-30)51-20-18-50(19-21-51)26-27-14-16-52(17-15-27)37-12-10-35(47-48-37)40(55)45-29-4-8-32(9-5-29)57-33-7-2-28(24-43)34(42)23-33/h2-3,6-7,10,12,23,25,27,29,32,36H,4-5,8-9,11,13-22,26H2,1H3,(H,45,55)(H,46,53,56). The fraction of sp³-hybridized carbons (Fsp3) is 0.512. The Bertz CT molecular complexity index is 1950. The Kier molecular flexibility index (Phi) is 12.8. The number of hydrogen-bond acceptors (Lipinski definition) is 12. The fourth-order valence-electron chi connectivity index (χ4n) is 8.16. The van der Waals surface area contributed by atoms with Crippen molar-refractivity contribution in [1.82, 2.24) is 35.6 Å². The molecule has 1 aliphatic carbocycles. The second-order valence-corrected chi connectivity index (χ2v) is 15.9. The molecule has 2 N–H and O–H groups in total. The Balaban J connectivity index is 0.785. The number of likely N-dealkylation sites (N-methyl/N-ethyl adjacent to an activating group) is 1. The number of imide groups is 1. The van der Waals surface area contributed by atoms with Crippen molar-refractivity contribution in [3.8, 4) is 11.8 Å². The van der Waals surface area contributed by atoms with E-state index in [4.69, 9.17) is 21.6 Å². The van der Waals surface area contributed by atoms with Crippen LogP contribution in [0.5, 0.6) is 5.75 Å². The van der Waals surface area contributed by atoms with Crippen molar-refractivity contribution in [2.75, 3.05) is 62.7 Å². The Morgan fingerprint density at radius 2 is 1.72 bits per heavy atom. The van der Waals surface area contributed by atoms with E-state index >= 15 is 0 Å². The number of halogens is 1. The molecule has 4 fully saturated rings. The van der Waals surface area contributed by atoms with E-state index in [1.807, 2.05) is 24.4 Å². The highest BCUT2D eigenvalue weighted by molar-refractivity contribution is 6.31. The number of nitrogens with one attached hydrogen (secondary N) is 2. The van der Waals surface area contributed by atoms with Gasteiger partial charge in [0.15, 0.2) is 11.5 Å². The van der Waals surface area contributed by atoms with E-state index < -0.39 is 11.9 Å². The number of ether oxygens (including phenoxy) is 1. The van der Waals surface area contributed by atoms with Crippen LogP contribution >= 0.6 is 11.6 Å². The number of piperazine rings is 1. The minimum atomic E-state index is -0.637. The maximum Gasteiger partial charge on any atom is 0.272 e. The van der Waals surface area contributed by atoms with Gasteiger partial charge in [0.1, 0.15) is 17.9 Å². The third-order valence-electron chi connectivity index (χ3n) is 11.7. The zero-order chi connectivity index (χ0) is 39.9. The monoisotopic (exact) mass is 796 g/mol. The number of carbonyl (C=O) groups is 4. The molecule has 3 aromatic rings. The Morgan fingerprint density at radius 1 is 0.947 bits per heavy atom. The van der Waals surface area contributed by atoms with Crippen LogP contribution < -0.4 is 25.2 Å². The first kappa shape index (κ1) is 39.9. The van der Waals surface area contributed by atoms with Crippen molar-refractivity contribution in [3.63, 3.8) is 0 Å². The summed E-state index contributed by atoms with van der Waals surface area (Å²) in [7, 11) is 1.60. The molecular weight excluding hydrogens is 748 g/mol. The molecule has 0 radical (unpaired) electrons. The lowest BCUT2D eigenvalue weighted by molar-refractivity contribution is -0.144. The van der Waals surface area contributed by atoms with Crippen LogP contribution in [0.1, 0.15) is 73.1 Å². The molecule has 1 atom stereocenters. The lowest BCUT2D eigenvalue weighted by Gasteiger charge is -2.39. The number of piperidine rings is 2. The van der Waals surface area contributed by atoms with E-state index in [1.165, 1.54) is 4.90 Å². The van der Waals surface area contributed by atoms with E-state index in [1.54, 1.807) is 31.3 Å². The van der Waals surface area contributed by atoms with Crippen LogP contribution in [0.2, 0.25) is 5.02 Å². The quantitative estimate of drug-likeness (QED) is 0.271. The predicted octanol–water partition coefficient (Wildman–Crippen LogP) is 3.36. The van der Waals surface area contributed by atoms with Gasteiger partial charge < -0.3 is 24.8 Å². The highest BCUT2D eigenvalue weighted by Gasteiger charge is 2.32. The van der Waals surface area contributed by atoms with Gasteiger partial charge in [-0.15, -0.1) is 10.2 Å². The SMILES string of the molecule is CN(C(=O)Cc1ccc(N2CCN(CC3CCN(c4ccc(C(=O)NC5CCC(Oc6ccc(C#N)c(Cl)c6)CC5)nn4)CC3)CC2)cn1)C1CCC(=O)NC1=O. The topological polar surface area (TPSA) is 177 Å². The third kappa shape index (κ3) is 10.2. The molecule has 3 saturated heterocycles. The van der Waals surface area contributed by atoms with Gasteiger partial charge in [0.25, 0.3) is 5.91 Å². The van der Waals surface area contributed by atoms with Gasteiger partial charge in [0.05, 0.1) is 35.0 Å². The highest BCUT2D eigenvalue weighted by Crippen LogP contribution is 2.28. The summed E-state index contributed by atoms with van der Waals surface area (Å²) in [6.45, 7) is 6.59. The van der Waals surface area contributed by atoms with Crippen LogP contribution in [0.4, 0.5) is 11.5 Å². The summed E-state index contributed by atoms with van der Waals surface area (Å²) < 4.78 is 6.08. The summed E-state index contributed by atoms with van der Waals surface area (Å²) in [6, 6.07) is 14.1. The fourth-order valence-corrected chi connectivity index (χ4v) is 8.38. The highest BCUT2D eigenvalue weighted by atomic mass is 35.5. The largest absolute Gasteiger partial charge is 0.490 e. The average molecular weight is 797 g/mol. The van der Waals surface area contributed by atoms with Crippen LogP contribution in [-0.4, -0.2) is 120 Å². The van der Waals surface area contributed by atoms with Crippen molar-refractivity contribution in [3.05, 3.63) is 70.6 Å². The molecule has 4 amide bonds. The zero-order valence-corrected chi connectivity index (χ0v) is 33.0. The van der Waals surface area contributed by atoms with Gasteiger partial charge in [0, 0.05) is 77.1 Å². The first-order chi connectivity index (χ1) is 27.6. The van der Waals surface area contributed by atoms with Gasteiger partial charge in [-0.2, -0.15) is 5.26 Å². The summed E-state index contributed by atoms with van der Waals surface area (Å²) in [6.07, 6.45) is 7.82. The average Bonchev–Trinajstić information content (AvgIpc) is 3.22. The molecule has 4 aliphatic rings. The third-order valence-corrected chi connectivity index (χ3v) is 12.0. The summed E-state index contributed by atoms with van der Waals surface area (Å²) in [5.74, 6) is 0.892. The normalized spacial score (nSPS) is 22.0. The maximum absolute atomic E-state index is 13.0. The number of hydrogen-bond donors (Lipinski definition) is 2. The molecule has 7 rings (SSSR count). The van der Waals surface area contributed by atoms with Crippen LogP contribution in [0.3, 0.4) is 0 Å². The number of carbonyl (C=O) groups excluding carboxylic acids is 4. The van der Waals surface area contributed by atoms with Crippen molar-refractivity contribution in [1.29, 1.82) is 5.26 Å². The van der Waals surface area contributed by atoms with Gasteiger partial charge in [-0.3, -0.25) is 34.4 Å². The first-order valence-corrected chi connectivity index (χ1v) is 20.3. The van der Waals surface area contributed by atoms with E-state index in [0.717, 1.165) is 95.8 Å². The molecule has 5 heterocycles. The van der Waals surface area contributed by atoms with Gasteiger partial charge in [0.2, 0.25) is 17.7 Å². The van der Waals surface area contributed by atoms with Crippen LogP contribution in [0.25, 0.3) is 0 Å². The molecular formula is C41H49ClN10O5. The molecule has 2 aromatic heterocycles. The number of anilines is 2. The molecule has 57 heavy (non-hydrogen) atoms. The van der Waals surface area contributed by atoms with Crippen molar-refractivity contribution in [2.24, 2.45) is 5.92 Å². The number of benzene rings is 1. The Hall–Kier alpha value is -5.33. The number of amides is 4. The summed E-state index contributed by atoms with van der Waals surface area (Å²) >= 11 is 6.15. The zero-order valence-electron chi connectivity index (χ0n) is 32.2. The van der Waals surface area contributed by atoms with E-state index in [-0.39, 0.29) is 42.7 Å². The van der Waals surface area contributed by atoms with Crippen molar-refractivity contribution >= 4 is 46.7 Å². The predicted molar refractivity (Wildman–Crippen MR) is 213 cm³/mol. The number of rotatable bonds is 11. The molecule has 1 aromatic carbocycles. The minimum absolute atomic E-state index is 0.0280. The lowest BCUT2D eigenvalue weighted by atomic mass is 9.93.